The van der Waals surface area contributed by atoms with Gasteiger partial charge >= 0.3 is 0 Å². The zero-order chi connectivity index (χ0) is 20.6. The summed E-state index contributed by atoms with van der Waals surface area (Å²) in [5.74, 6) is 0.0301. The zero-order valence-electron chi connectivity index (χ0n) is 18.6. The molecule has 0 radical (unpaired) electrons. The predicted molar refractivity (Wildman–Crippen MR) is 117 cm³/mol. The molecular formula is C26H36O. The highest BCUT2D eigenvalue weighted by molar-refractivity contribution is 5.93. The van der Waals surface area contributed by atoms with Crippen molar-refractivity contribution in [3.8, 4) is 0 Å². The van der Waals surface area contributed by atoms with Crippen molar-refractivity contribution in [2.75, 3.05) is 0 Å². The Bertz CT molecular complexity index is 715. The molecule has 0 saturated heterocycles. The topological polar surface area (TPSA) is 17.1 Å². The molecule has 1 nitrogen and oxygen atoms in total. The highest BCUT2D eigenvalue weighted by Gasteiger charge is 2.32. The van der Waals surface area contributed by atoms with Gasteiger partial charge < -0.3 is 0 Å². The Balaban J connectivity index is 2.51. The lowest BCUT2D eigenvalue weighted by molar-refractivity contribution is -0.126. The van der Waals surface area contributed by atoms with Gasteiger partial charge in [-0.05, 0) is 33.1 Å². The Morgan fingerprint density at radius 2 is 0.889 bits per heavy atom. The summed E-state index contributed by atoms with van der Waals surface area (Å²) in [6.45, 7) is 19.3. The van der Waals surface area contributed by atoms with Gasteiger partial charge in [-0.2, -0.15) is 0 Å². The average molecular weight is 365 g/mol. The molecule has 0 aliphatic carbocycles. The molecule has 0 unspecified atom stereocenters. The van der Waals surface area contributed by atoms with Crippen LogP contribution in [-0.2, 0) is 15.6 Å². The van der Waals surface area contributed by atoms with Crippen molar-refractivity contribution in [2.24, 2.45) is 5.41 Å². The van der Waals surface area contributed by atoms with Crippen LogP contribution in [0.1, 0.15) is 90.5 Å². The molecule has 0 aliphatic heterocycles. The molecule has 0 aliphatic rings. The van der Waals surface area contributed by atoms with E-state index < -0.39 is 5.41 Å². The van der Waals surface area contributed by atoms with Crippen LogP contribution in [0.25, 0.3) is 0 Å². The Hall–Kier alpha value is -1.89. The van der Waals surface area contributed by atoms with Crippen molar-refractivity contribution in [1.82, 2.24) is 0 Å². The molecule has 0 heterocycles. The molecule has 2 rings (SSSR count). The minimum atomic E-state index is -0.393. The van der Waals surface area contributed by atoms with Crippen LogP contribution in [0.2, 0.25) is 0 Å². The third kappa shape index (κ3) is 5.09. The Kier molecular flexibility index (Phi) is 5.76. The number of benzene rings is 2. The second kappa shape index (κ2) is 7.26. The van der Waals surface area contributed by atoms with E-state index in [0.717, 1.165) is 11.1 Å². The van der Waals surface area contributed by atoms with E-state index >= 15 is 0 Å². The maximum Gasteiger partial charge on any atom is 0.150 e. The van der Waals surface area contributed by atoms with Gasteiger partial charge in [0.25, 0.3) is 0 Å². The molecule has 0 saturated carbocycles. The van der Waals surface area contributed by atoms with Gasteiger partial charge in [-0.3, -0.25) is 4.79 Å². The number of Topliss-reactive ketones (excluding diaryl/α,β-unsaturated/α-hetero) is 1. The third-order valence-corrected chi connectivity index (χ3v) is 5.22. The number of rotatable bonds is 3. The molecule has 0 N–H and O–H groups in total. The van der Waals surface area contributed by atoms with Crippen LogP contribution in [0.5, 0.6) is 0 Å². The van der Waals surface area contributed by atoms with E-state index in [2.05, 4.69) is 90.1 Å². The van der Waals surface area contributed by atoms with Gasteiger partial charge in [0.05, 0.1) is 5.92 Å². The summed E-state index contributed by atoms with van der Waals surface area (Å²) in [7, 11) is 0. The lowest BCUT2D eigenvalue weighted by atomic mass is 9.75. The standard InChI is InChI=1S/C26H36O/c1-24(2,3)20-14-10-18(11-15-20)22(23(27)26(7,8)9)19-12-16-21(17-13-19)25(4,5)6/h10-17,22H,1-9H3. The van der Waals surface area contributed by atoms with E-state index in [1.165, 1.54) is 11.1 Å². The number of carbonyl (C=O) groups is 1. The molecule has 0 aromatic heterocycles. The van der Waals surface area contributed by atoms with Crippen LogP contribution in [-0.4, -0.2) is 5.78 Å². The summed E-state index contributed by atoms with van der Waals surface area (Å²) in [6, 6.07) is 17.2. The van der Waals surface area contributed by atoms with Gasteiger partial charge in [0, 0.05) is 5.41 Å². The van der Waals surface area contributed by atoms with Crippen molar-refractivity contribution in [3.63, 3.8) is 0 Å². The molecule has 0 bridgehead atoms. The monoisotopic (exact) mass is 364 g/mol. The van der Waals surface area contributed by atoms with Crippen LogP contribution in [0, 0.1) is 5.41 Å². The van der Waals surface area contributed by atoms with E-state index in [0.29, 0.717) is 0 Å². The van der Waals surface area contributed by atoms with Crippen LogP contribution in [0.15, 0.2) is 48.5 Å². The summed E-state index contributed by atoms with van der Waals surface area (Å²) in [5.41, 5.74) is 4.55. The second-order valence-electron chi connectivity index (χ2n) is 10.8. The minimum absolute atomic E-state index is 0.108. The normalized spacial score (nSPS) is 13.1. The quantitative estimate of drug-likeness (QED) is 0.571. The SMILES string of the molecule is CC(C)(C)C(=O)C(c1ccc(C(C)(C)C)cc1)c1ccc(C(C)(C)C)cc1. The maximum absolute atomic E-state index is 13.3. The van der Waals surface area contributed by atoms with E-state index in [-0.39, 0.29) is 22.5 Å². The van der Waals surface area contributed by atoms with Crippen molar-refractivity contribution in [3.05, 3.63) is 70.8 Å². The molecule has 27 heavy (non-hydrogen) atoms. The second-order valence-corrected chi connectivity index (χ2v) is 10.8. The fourth-order valence-electron chi connectivity index (χ4n) is 3.28. The van der Waals surface area contributed by atoms with Crippen LogP contribution in [0.3, 0.4) is 0 Å². The van der Waals surface area contributed by atoms with Gasteiger partial charge in [0.2, 0.25) is 0 Å². The van der Waals surface area contributed by atoms with Crippen molar-refractivity contribution >= 4 is 5.78 Å². The highest BCUT2D eigenvalue weighted by Crippen LogP contribution is 2.35. The molecule has 1 heteroatoms. The molecular weight excluding hydrogens is 328 g/mol. The molecule has 0 atom stereocenters. The average Bonchev–Trinajstić information content (AvgIpc) is 2.53. The summed E-state index contributed by atoms with van der Waals surface area (Å²) in [6.07, 6.45) is 0. The molecule has 2 aromatic rings. The van der Waals surface area contributed by atoms with E-state index in [4.69, 9.17) is 0 Å². The van der Waals surface area contributed by atoms with Crippen LogP contribution < -0.4 is 0 Å². The largest absolute Gasteiger partial charge is 0.298 e. The highest BCUT2D eigenvalue weighted by atomic mass is 16.1. The molecule has 0 spiro atoms. The number of ketones is 1. The summed E-state index contributed by atoms with van der Waals surface area (Å²) < 4.78 is 0. The first-order valence-electron chi connectivity index (χ1n) is 9.96. The van der Waals surface area contributed by atoms with Gasteiger partial charge in [-0.15, -0.1) is 0 Å². The first kappa shape index (κ1) is 21.4. The molecule has 2 aromatic carbocycles. The third-order valence-electron chi connectivity index (χ3n) is 5.22. The number of carbonyl (C=O) groups excluding carboxylic acids is 1. The molecule has 0 amide bonds. The number of hydrogen-bond acceptors (Lipinski definition) is 1. The first-order chi connectivity index (χ1) is 12.2. The molecule has 0 fully saturated rings. The van der Waals surface area contributed by atoms with Crippen LogP contribution >= 0.6 is 0 Å². The van der Waals surface area contributed by atoms with Crippen LogP contribution in [0.4, 0.5) is 0 Å². The van der Waals surface area contributed by atoms with Gasteiger partial charge in [0.15, 0.2) is 0 Å². The van der Waals surface area contributed by atoms with E-state index in [1.807, 2.05) is 20.8 Å². The molecule has 146 valence electrons. The Morgan fingerprint density at radius 3 is 1.11 bits per heavy atom. The van der Waals surface area contributed by atoms with Gasteiger partial charge in [-0.1, -0.05) is 111 Å². The van der Waals surface area contributed by atoms with Crippen molar-refractivity contribution in [2.45, 2.75) is 79.1 Å². The summed E-state index contributed by atoms with van der Waals surface area (Å²) in [4.78, 5) is 13.3. The van der Waals surface area contributed by atoms with E-state index in [1.54, 1.807) is 0 Å². The maximum atomic E-state index is 13.3. The minimum Gasteiger partial charge on any atom is -0.298 e. The van der Waals surface area contributed by atoms with Crippen molar-refractivity contribution in [1.29, 1.82) is 0 Å². The first-order valence-corrected chi connectivity index (χ1v) is 9.96. The smallest absolute Gasteiger partial charge is 0.150 e. The Labute approximate surface area is 166 Å². The van der Waals surface area contributed by atoms with Crippen molar-refractivity contribution < 1.29 is 4.79 Å². The predicted octanol–water partition coefficient (Wildman–Crippen LogP) is 7.03. The summed E-state index contributed by atoms with van der Waals surface area (Å²) in [5, 5.41) is 0. The fourth-order valence-corrected chi connectivity index (χ4v) is 3.28. The van der Waals surface area contributed by atoms with E-state index in [9.17, 15) is 4.79 Å². The van der Waals surface area contributed by atoms with Gasteiger partial charge in [0.1, 0.15) is 5.78 Å². The summed E-state index contributed by atoms with van der Waals surface area (Å²) >= 11 is 0. The fraction of sp³-hybridized carbons (Fsp3) is 0.500. The zero-order valence-corrected chi connectivity index (χ0v) is 18.6. The lowest BCUT2D eigenvalue weighted by Gasteiger charge is -2.27. The Morgan fingerprint density at radius 1 is 0.593 bits per heavy atom. The van der Waals surface area contributed by atoms with Gasteiger partial charge in [-0.25, -0.2) is 0 Å². The number of hydrogen-bond donors (Lipinski definition) is 0. The lowest BCUT2D eigenvalue weighted by Crippen LogP contribution is -2.28.